The van der Waals surface area contributed by atoms with E-state index in [0.717, 1.165) is 22.0 Å². The number of nitrogens with zero attached hydrogens (tertiary/aromatic N) is 1. The van der Waals surface area contributed by atoms with Crippen molar-refractivity contribution < 1.29 is 22.8 Å². The topological polar surface area (TPSA) is 101 Å². The molecule has 0 aliphatic rings. The number of hydrogen-bond donors (Lipinski definition) is 2. The minimum atomic E-state index is -4.13. The fraction of sp³-hybridized carbons (Fsp3) is 0.300. The van der Waals surface area contributed by atoms with Crippen LogP contribution in [0.1, 0.15) is 36.1 Å². The van der Waals surface area contributed by atoms with E-state index in [4.69, 9.17) is 9.57 Å². The van der Waals surface area contributed by atoms with Gasteiger partial charge in [0, 0.05) is 18.3 Å². The monoisotopic (exact) mass is 549 g/mol. The van der Waals surface area contributed by atoms with Crippen LogP contribution < -0.4 is 10.2 Å². The number of carbonyl (C=O) groups is 1. The number of sulfonamides is 1. The van der Waals surface area contributed by atoms with E-state index in [0.29, 0.717) is 16.9 Å². The normalized spacial score (nSPS) is 12.7. The molecule has 0 aliphatic carbocycles. The Bertz CT molecular complexity index is 1550. The molecule has 1 atom stereocenters. The van der Waals surface area contributed by atoms with Gasteiger partial charge in [0.2, 0.25) is 10.0 Å². The molecule has 8 nitrogen and oxygen atoms in total. The average Bonchev–Trinajstić information content (AvgIpc) is 3.37. The van der Waals surface area contributed by atoms with Gasteiger partial charge in [-0.3, -0.25) is 9.63 Å². The Kier molecular flexibility index (Phi) is 8.74. The van der Waals surface area contributed by atoms with Crippen LogP contribution in [0, 0.1) is 19.8 Å². The van der Waals surface area contributed by atoms with Crippen molar-refractivity contribution in [3.05, 3.63) is 95.2 Å². The number of carbonyl (C=O) groups excluding carboxylic acids is 1. The summed E-state index contributed by atoms with van der Waals surface area (Å²) in [6, 6.07) is 19.3. The quantitative estimate of drug-likeness (QED) is 0.249. The van der Waals surface area contributed by atoms with E-state index in [1.54, 1.807) is 33.1 Å². The highest BCUT2D eigenvalue weighted by atomic mass is 32.2. The molecule has 0 fully saturated rings. The van der Waals surface area contributed by atoms with Crippen LogP contribution in [0.2, 0.25) is 0 Å². The van der Waals surface area contributed by atoms with Gasteiger partial charge < -0.3 is 9.72 Å². The van der Waals surface area contributed by atoms with E-state index in [-0.39, 0.29) is 24.0 Å². The highest BCUT2D eigenvalue weighted by molar-refractivity contribution is 7.89. The Morgan fingerprint density at radius 1 is 0.974 bits per heavy atom. The molecular formula is C30H35N3O5S. The molecule has 0 radical (unpaired) electrons. The lowest BCUT2D eigenvalue weighted by molar-refractivity contribution is -0.140. The van der Waals surface area contributed by atoms with Gasteiger partial charge in [-0.25, -0.2) is 13.9 Å². The minimum absolute atomic E-state index is 0.00290. The van der Waals surface area contributed by atoms with Gasteiger partial charge >= 0.3 is 0 Å². The third kappa shape index (κ3) is 6.33. The molecule has 1 amide bonds. The van der Waals surface area contributed by atoms with Crippen LogP contribution in [-0.2, 0) is 32.8 Å². The Hall–Kier alpha value is -3.66. The van der Waals surface area contributed by atoms with Crippen molar-refractivity contribution >= 4 is 26.8 Å². The SMILES string of the molecule is COc1cc(C)c(S(=O)(=O)N(Cc2ccc3[nH]ccc3c2)C(C(=O)NOCc2ccccc2)C(C)C)cc1C. The Morgan fingerprint density at radius 3 is 2.41 bits per heavy atom. The highest BCUT2D eigenvalue weighted by Crippen LogP contribution is 2.31. The number of ether oxygens (including phenoxy) is 1. The number of benzene rings is 3. The molecule has 1 unspecified atom stereocenters. The highest BCUT2D eigenvalue weighted by Gasteiger charge is 2.39. The van der Waals surface area contributed by atoms with E-state index in [1.165, 1.54) is 4.31 Å². The van der Waals surface area contributed by atoms with Crippen LogP contribution in [0.5, 0.6) is 5.75 Å². The number of rotatable bonds is 11. The molecular weight excluding hydrogens is 514 g/mol. The number of aryl methyl sites for hydroxylation is 2. The fourth-order valence-electron chi connectivity index (χ4n) is 4.69. The molecule has 1 heterocycles. The fourth-order valence-corrected chi connectivity index (χ4v) is 6.69. The summed E-state index contributed by atoms with van der Waals surface area (Å²) in [6.45, 7) is 7.34. The van der Waals surface area contributed by atoms with Crippen molar-refractivity contribution in [1.29, 1.82) is 0 Å². The van der Waals surface area contributed by atoms with Crippen molar-refractivity contribution in [3.63, 3.8) is 0 Å². The molecule has 9 heteroatoms. The van der Waals surface area contributed by atoms with Crippen LogP contribution >= 0.6 is 0 Å². The number of fused-ring (bicyclic) bond motifs is 1. The summed E-state index contributed by atoms with van der Waals surface area (Å²) in [7, 11) is -2.58. The van der Waals surface area contributed by atoms with Gasteiger partial charge in [-0.05, 0) is 77.7 Å². The Balaban J connectivity index is 1.72. The van der Waals surface area contributed by atoms with Crippen LogP contribution in [0.4, 0.5) is 0 Å². The molecule has 4 rings (SSSR count). The molecule has 0 saturated carbocycles. The van der Waals surface area contributed by atoms with E-state index in [2.05, 4.69) is 10.5 Å². The first-order chi connectivity index (χ1) is 18.6. The number of nitrogens with one attached hydrogen (secondary N) is 2. The maximum atomic E-state index is 14.3. The average molecular weight is 550 g/mol. The molecule has 1 aromatic heterocycles. The summed E-state index contributed by atoms with van der Waals surface area (Å²) in [4.78, 5) is 22.3. The predicted octanol–water partition coefficient (Wildman–Crippen LogP) is 5.26. The molecule has 3 aromatic carbocycles. The van der Waals surface area contributed by atoms with Crippen LogP contribution in [0.25, 0.3) is 10.9 Å². The molecule has 206 valence electrons. The smallest absolute Gasteiger partial charge is 0.262 e. The minimum Gasteiger partial charge on any atom is -0.496 e. The van der Waals surface area contributed by atoms with Gasteiger partial charge in [0.25, 0.3) is 5.91 Å². The summed E-state index contributed by atoms with van der Waals surface area (Å²) < 4.78 is 35.3. The zero-order chi connectivity index (χ0) is 28.2. The van der Waals surface area contributed by atoms with Crippen molar-refractivity contribution in [2.45, 2.75) is 51.8 Å². The maximum absolute atomic E-state index is 14.3. The second-order valence-electron chi connectivity index (χ2n) is 9.97. The number of methoxy groups -OCH3 is 1. The van der Waals surface area contributed by atoms with Crippen molar-refractivity contribution in [3.8, 4) is 5.75 Å². The Morgan fingerprint density at radius 2 is 1.72 bits per heavy atom. The zero-order valence-corrected chi connectivity index (χ0v) is 23.7. The summed E-state index contributed by atoms with van der Waals surface area (Å²) in [6.07, 6.45) is 1.83. The molecule has 2 N–H and O–H groups in total. The number of amides is 1. The van der Waals surface area contributed by atoms with E-state index in [1.807, 2.05) is 74.6 Å². The van der Waals surface area contributed by atoms with Gasteiger partial charge in [-0.2, -0.15) is 4.31 Å². The van der Waals surface area contributed by atoms with E-state index < -0.39 is 22.0 Å². The first-order valence-corrected chi connectivity index (χ1v) is 14.2. The Labute approximate surface area is 229 Å². The summed E-state index contributed by atoms with van der Waals surface area (Å²) in [5.74, 6) is -0.283. The van der Waals surface area contributed by atoms with Crippen LogP contribution in [0.15, 0.2) is 77.8 Å². The van der Waals surface area contributed by atoms with Gasteiger partial charge in [-0.1, -0.05) is 50.2 Å². The zero-order valence-electron chi connectivity index (χ0n) is 22.9. The van der Waals surface area contributed by atoms with Gasteiger partial charge in [0.05, 0.1) is 18.6 Å². The van der Waals surface area contributed by atoms with E-state index in [9.17, 15) is 13.2 Å². The van der Waals surface area contributed by atoms with Gasteiger partial charge in [0.15, 0.2) is 0 Å². The van der Waals surface area contributed by atoms with E-state index >= 15 is 0 Å². The lowest BCUT2D eigenvalue weighted by Gasteiger charge is -2.33. The van der Waals surface area contributed by atoms with Gasteiger partial charge in [-0.15, -0.1) is 0 Å². The third-order valence-electron chi connectivity index (χ3n) is 6.70. The number of H-pyrrole nitrogens is 1. The molecule has 0 saturated heterocycles. The standard InChI is InChI=1S/C30H35N3O5S/c1-20(2)29(30(34)32-38-19-23-9-7-6-8-10-23)33(18-24-11-12-26-25(17-24)13-14-31-26)39(35,36)28-16-21(3)27(37-5)15-22(28)4/h6-17,20,29,31H,18-19H2,1-5H3,(H,32,34). The summed E-state index contributed by atoms with van der Waals surface area (Å²) >= 11 is 0. The summed E-state index contributed by atoms with van der Waals surface area (Å²) in [5, 5.41) is 0.957. The second kappa shape index (κ2) is 12.0. The lowest BCUT2D eigenvalue weighted by Crippen LogP contribution is -2.51. The molecule has 4 aromatic rings. The lowest BCUT2D eigenvalue weighted by atomic mass is 10.0. The summed E-state index contributed by atoms with van der Waals surface area (Å²) in [5.41, 5.74) is 6.31. The number of aromatic amines is 1. The van der Waals surface area contributed by atoms with Crippen molar-refractivity contribution in [1.82, 2.24) is 14.8 Å². The maximum Gasteiger partial charge on any atom is 0.262 e. The molecule has 39 heavy (non-hydrogen) atoms. The van der Waals surface area contributed by atoms with Crippen molar-refractivity contribution in [2.24, 2.45) is 5.92 Å². The number of aromatic nitrogens is 1. The number of hydrogen-bond acceptors (Lipinski definition) is 5. The predicted molar refractivity (Wildman–Crippen MR) is 151 cm³/mol. The van der Waals surface area contributed by atoms with Crippen LogP contribution in [-0.4, -0.2) is 36.8 Å². The van der Waals surface area contributed by atoms with Crippen LogP contribution in [0.3, 0.4) is 0 Å². The first kappa shape index (κ1) is 28.4. The van der Waals surface area contributed by atoms with Gasteiger partial charge in [0.1, 0.15) is 11.8 Å². The largest absolute Gasteiger partial charge is 0.496 e. The molecule has 0 spiro atoms. The molecule has 0 aliphatic heterocycles. The second-order valence-corrected chi connectivity index (χ2v) is 11.8. The molecule has 0 bridgehead atoms. The first-order valence-electron chi connectivity index (χ1n) is 12.8. The van der Waals surface area contributed by atoms with Crippen molar-refractivity contribution in [2.75, 3.05) is 7.11 Å². The number of hydroxylamine groups is 1. The third-order valence-corrected chi connectivity index (χ3v) is 8.67.